The fraction of sp³-hybridized carbons (Fsp3) is 0.444. The van der Waals surface area contributed by atoms with Gasteiger partial charge in [-0.3, -0.25) is 0 Å². The molecule has 4 heteroatoms. The Bertz CT molecular complexity index is 291. The molecule has 0 N–H and O–H groups in total. The number of rotatable bonds is 3. The average Bonchev–Trinajstić information content (AvgIpc) is 2.03. The van der Waals surface area contributed by atoms with Crippen molar-refractivity contribution in [3.8, 4) is 5.88 Å². The van der Waals surface area contributed by atoms with Crippen LogP contribution in [0.5, 0.6) is 5.88 Å². The summed E-state index contributed by atoms with van der Waals surface area (Å²) in [5, 5.41) is 0. The first kappa shape index (κ1) is 10.3. The molecule has 0 aliphatic heterocycles. The highest BCUT2D eigenvalue weighted by Gasteiger charge is 2.05. The number of ether oxygens (including phenoxy) is 1. The third-order valence-electron chi connectivity index (χ3n) is 1.37. The second kappa shape index (κ2) is 4.46. The first-order valence-corrected chi connectivity index (χ1v) is 5.23. The van der Waals surface area contributed by atoms with Gasteiger partial charge >= 0.3 is 0 Å². The lowest BCUT2D eigenvalue weighted by Gasteiger charge is -2.08. The smallest absolute Gasteiger partial charge is 0.229 e. The molecule has 0 unspecified atom stereocenters. The van der Waals surface area contributed by atoms with Gasteiger partial charge in [0.15, 0.2) is 0 Å². The molecular weight excluding hydrogens is 189 g/mol. The highest BCUT2D eigenvalue weighted by molar-refractivity contribution is 7.98. The van der Waals surface area contributed by atoms with Gasteiger partial charge in [0.2, 0.25) is 11.8 Å². The third kappa shape index (κ3) is 2.88. The Kier molecular flexibility index (Phi) is 3.54. The van der Waals surface area contributed by atoms with Crippen molar-refractivity contribution in [2.75, 3.05) is 6.26 Å². The minimum absolute atomic E-state index is 0.0204. The Hall–Kier alpha value is -0.770. The number of halogens is 1. The van der Waals surface area contributed by atoms with Gasteiger partial charge in [0.25, 0.3) is 0 Å². The molecule has 1 heterocycles. The molecule has 0 amide bonds. The van der Waals surface area contributed by atoms with Crippen LogP contribution in [0.1, 0.15) is 13.8 Å². The van der Waals surface area contributed by atoms with Gasteiger partial charge in [-0.2, -0.15) is 9.37 Å². The van der Waals surface area contributed by atoms with E-state index in [0.717, 1.165) is 0 Å². The van der Waals surface area contributed by atoms with Gasteiger partial charge in [-0.1, -0.05) is 0 Å². The second-order valence-corrected chi connectivity index (χ2v) is 3.66. The molecule has 0 aliphatic carbocycles. The van der Waals surface area contributed by atoms with Crippen LogP contribution in [0, 0.1) is 5.95 Å². The molecule has 0 saturated heterocycles. The zero-order chi connectivity index (χ0) is 9.84. The highest BCUT2D eigenvalue weighted by Crippen LogP contribution is 2.20. The molecule has 1 rings (SSSR count). The van der Waals surface area contributed by atoms with E-state index in [9.17, 15) is 4.39 Å². The standard InChI is InChI=1S/C9H12FNOS/c1-6(2)12-8-5-4-7(13-3)9(10)11-8/h4-6H,1-3H3. The summed E-state index contributed by atoms with van der Waals surface area (Å²) < 4.78 is 18.3. The van der Waals surface area contributed by atoms with E-state index in [-0.39, 0.29) is 6.10 Å². The van der Waals surface area contributed by atoms with Crippen molar-refractivity contribution in [1.29, 1.82) is 0 Å². The molecule has 0 saturated carbocycles. The first-order valence-electron chi connectivity index (χ1n) is 4.00. The van der Waals surface area contributed by atoms with Gasteiger partial charge in [0.05, 0.1) is 11.0 Å². The molecule has 0 radical (unpaired) electrons. The average molecular weight is 201 g/mol. The van der Waals surface area contributed by atoms with Crippen LogP contribution >= 0.6 is 11.8 Å². The van der Waals surface area contributed by atoms with Crippen LogP contribution in [0.15, 0.2) is 17.0 Å². The Morgan fingerprint density at radius 1 is 1.46 bits per heavy atom. The van der Waals surface area contributed by atoms with E-state index < -0.39 is 5.95 Å². The van der Waals surface area contributed by atoms with Crippen LogP contribution in [0.25, 0.3) is 0 Å². The van der Waals surface area contributed by atoms with Crippen molar-refractivity contribution in [3.63, 3.8) is 0 Å². The molecule has 1 aromatic heterocycles. The Morgan fingerprint density at radius 2 is 2.15 bits per heavy atom. The molecule has 0 aromatic carbocycles. The van der Waals surface area contributed by atoms with Crippen LogP contribution in [0.2, 0.25) is 0 Å². The molecular formula is C9H12FNOS. The van der Waals surface area contributed by atoms with Crippen LogP contribution in [0.4, 0.5) is 4.39 Å². The van der Waals surface area contributed by atoms with E-state index in [1.165, 1.54) is 11.8 Å². The Balaban J connectivity index is 2.83. The zero-order valence-electron chi connectivity index (χ0n) is 7.87. The first-order chi connectivity index (χ1) is 6.13. The molecule has 0 fully saturated rings. The topological polar surface area (TPSA) is 22.1 Å². The van der Waals surface area contributed by atoms with Crippen molar-refractivity contribution in [1.82, 2.24) is 4.98 Å². The molecule has 0 aliphatic rings. The van der Waals surface area contributed by atoms with E-state index >= 15 is 0 Å². The number of hydrogen-bond donors (Lipinski definition) is 0. The predicted molar refractivity (Wildman–Crippen MR) is 51.7 cm³/mol. The molecule has 13 heavy (non-hydrogen) atoms. The largest absolute Gasteiger partial charge is 0.475 e. The van der Waals surface area contributed by atoms with Crippen molar-refractivity contribution < 1.29 is 9.13 Å². The molecule has 72 valence electrons. The van der Waals surface area contributed by atoms with E-state index in [1.54, 1.807) is 12.1 Å². The lowest BCUT2D eigenvalue weighted by Crippen LogP contribution is -2.07. The van der Waals surface area contributed by atoms with Gasteiger partial charge in [0.1, 0.15) is 0 Å². The van der Waals surface area contributed by atoms with Gasteiger partial charge in [-0.15, -0.1) is 11.8 Å². The minimum atomic E-state index is -0.467. The predicted octanol–water partition coefficient (Wildman–Crippen LogP) is 2.73. The van der Waals surface area contributed by atoms with Gasteiger partial charge in [0, 0.05) is 6.07 Å². The minimum Gasteiger partial charge on any atom is -0.475 e. The molecule has 0 bridgehead atoms. The summed E-state index contributed by atoms with van der Waals surface area (Å²) in [6, 6.07) is 3.35. The summed E-state index contributed by atoms with van der Waals surface area (Å²) in [5.74, 6) is -0.129. The summed E-state index contributed by atoms with van der Waals surface area (Å²) in [7, 11) is 0. The third-order valence-corrected chi connectivity index (χ3v) is 2.11. The Labute approximate surface area is 81.5 Å². The highest BCUT2D eigenvalue weighted by atomic mass is 32.2. The van der Waals surface area contributed by atoms with E-state index in [2.05, 4.69) is 4.98 Å². The number of pyridine rings is 1. The second-order valence-electron chi connectivity index (χ2n) is 2.81. The SMILES string of the molecule is CSc1ccc(OC(C)C)nc1F. The maximum absolute atomic E-state index is 13.1. The fourth-order valence-corrected chi connectivity index (χ4v) is 1.28. The van der Waals surface area contributed by atoms with E-state index in [4.69, 9.17) is 4.74 Å². The Morgan fingerprint density at radius 3 is 2.62 bits per heavy atom. The lowest BCUT2D eigenvalue weighted by atomic mass is 10.4. The molecule has 0 atom stereocenters. The van der Waals surface area contributed by atoms with Gasteiger partial charge in [-0.25, -0.2) is 0 Å². The zero-order valence-corrected chi connectivity index (χ0v) is 8.69. The summed E-state index contributed by atoms with van der Waals surface area (Å²) in [4.78, 5) is 4.21. The van der Waals surface area contributed by atoms with Crippen molar-refractivity contribution in [2.24, 2.45) is 0 Å². The number of nitrogens with zero attached hydrogens (tertiary/aromatic N) is 1. The van der Waals surface area contributed by atoms with Gasteiger partial charge < -0.3 is 4.74 Å². The number of aromatic nitrogens is 1. The van der Waals surface area contributed by atoms with E-state index in [0.29, 0.717) is 10.8 Å². The summed E-state index contributed by atoms with van der Waals surface area (Å²) in [5.41, 5.74) is 0. The van der Waals surface area contributed by atoms with Crippen LogP contribution in [-0.2, 0) is 0 Å². The molecule has 1 aromatic rings. The van der Waals surface area contributed by atoms with Crippen molar-refractivity contribution in [2.45, 2.75) is 24.8 Å². The quantitative estimate of drug-likeness (QED) is 0.554. The lowest BCUT2D eigenvalue weighted by molar-refractivity contribution is 0.229. The van der Waals surface area contributed by atoms with E-state index in [1.807, 2.05) is 20.1 Å². The summed E-state index contributed by atoms with van der Waals surface area (Å²) in [6.45, 7) is 3.75. The molecule has 2 nitrogen and oxygen atoms in total. The van der Waals surface area contributed by atoms with Crippen molar-refractivity contribution in [3.05, 3.63) is 18.1 Å². The maximum atomic E-state index is 13.1. The number of thioether (sulfide) groups is 1. The normalized spacial score (nSPS) is 10.5. The van der Waals surface area contributed by atoms with Crippen LogP contribution < -0.4 is 4.74 Å². The maximum Gasteiger partial charge on any atom is 0.229 e. The fourth-order valence-electron chi connectivity index (χ4n) is 0.864. The molecule has 0 spiro atoms. The van der Waals surface area contributed by atoms with Gasteiger partial charge in [-0.05, 0) is 26.2 Å². The summed E-state index contributed by atoms with van der Waals surface area (Å²) >= 11 is 1.33. The van der Waals surface area contributed by atoms with Crippen LogP contribution in [0.3, 0.4) is 0 Å². The summed E-state index contributed by atoms with van der Waals surface area (Å²) in [6.07, 6.45) is 1.83. The van der Waals surface area contributed by atoms with Crippen LogP contribution in [-0.4, -0.2) is 17.3 Å². The monoisotopic (exact) mass is 201 g/mol. The number of hydrogen-bond acceptors (Lipinski definition) is 3. The van der Waals surface area contributed by atoms with Crippen molar-refractivity contribution >= 4 is 11.8 Å².